The maximum atomic E-state index is 11.8. The zero-order valence-electron chi connectivity index (χ0n) is 12.3. The van der Waals surface area contributed by atoms with Crippen molar-refractivity contribution >= 4 is 17.2 Å². The van der Waals surface area contributed by atoms with E-state index in [4.69, 9.17) is 4.42 Å². The average Bonchev–Trinajstić information content (AvgIpc) is 3.08. The molecule has 21 heavy (non-hydrogen) atoms. The summed E-state index contributed by atoms with van der Waals surface area (Å²) in [6, 6.07) is 3.58. The van der Waals surface area contributed by atoms with Crippen LogP contribution in [0.5, 0.6) is 0 Å². The van der Waals surface area contributed by atoms with Gasteiger partial charge in [0.05, 0.1) is 11.4 Å². The van der Waals surface area contributed by atoms with Crippen LogP contribution in [0.3, 0.4) is 0 Å². The summed E-state index contributed by atoms with van der Waals surface area (Å²) in [6.07, 6.45) is 0.714. The van der Waals surface area contributed by atoms with Crippen LogP contribution < -0.4 is 11.1 Å². The van der Waals surface area contributed by atoms with E-state index in [1.165, 1.54) is 16.0 Å². The van der Waals surface area contributed by atoms with Crippen LogP contribution in [0.2, 0.25) is 0 Å². The van der Waals surface area contributed by atoms with E-state index in [1.807, 2.05) is 38.3 Å². The maximum Gasteiger partial charge on any atom is 0.437 e. The number of nitrogens with zero attached hydrogens (tertiary/aromatic N) is 2. The first-order chi connectivity index (χ1) is 10.0. The van der Waals surface area contributed by atoms with Crippen LogP contribution in [0.1, 0.15) is 27.2 Å². The van der Waals surface area contributed by atoms with Gasteiger partial charge in [-0.2, -0.15) is 4.68 Å². The fourth-order valence-electron chi connectivity index (χ4n) is 1.77. The third-order valence-corrected chi connectivity index (χ3v) is 3.95. The van der Waals surface area contributed by atoms with E-state index < -0.39 is 5.76 Å². The van der Waals surface area contributed by atoms with Crippen molar-refractivity contribution in [1.82, 2.24) is 15.1 Å². The number of aromatic nitrogens is 2. The van der Waals surface area contributed by atoms with Gasteiger partial charge in [-0.3, -0.25) is 4.79 Å². The zero-order valence-corrected chi connectivity index (χ0v) is 13.1. The van der Waals surface area contributed by atoms with Crippen molar-refractivity contribution in [3.8, 4) is 10.8 Å². The Balaban J connectivity index is 2.11. The van der Waals surface area contributed by atoms with Gasteiger partial charge in [-0.1, -0.05) is 26.8 Å². The Morgan fingerprint density at radius 3 is 2.86 bits per heavy atom. The van der Waals surface area contributed by atoms with E-state index in [0.29, 0.717) is 18.9 Å². The topological polar surface area (TPSA) is 77.1 Å². The number of hydrogen-bond acceptors (Lipinski definition) is 5. The van der Waals surface area contributed by atoms with Gasteiger partial charge in [0.15, 0.2) is 0 Å². The fraction of sp³-hybridized carbons (Fsp3) is 0.500. The van der Waals surface area contributed by atoms with E-state index in [9.17, 15) is 9.59 Å². The predicted octanol–water partition coefficient (Wildman–Crippen LogP) is 2.12. The second-order valence-corrected chi connectivity index (χ2v) is 6.05. The Kier molecular flexibility index (Phi) is 4.95. The second-order valence-electron chi connectivity index (χ2n) is 5.10. The molecule has 0 aliphatic rings. The normalized spacial score (nSPS) is 12.6. The lowest BCUT2D eigenvalue weighted by molar-refractivity contribution is -0.124. The SMILES string of the molecule is CC[C@@H](Cn1nc(-c2cccs2)oc1=O)NC(=O)C(C)C. The summed E-state index contributed by atoms with van der Waals surface area (Å²) in [5, 5.41) is 8.99. The number of hydrogen-bond donors (Lipinski definition) is 1. The number of rotatable bonds is 6. The van der Waals surface area contributed by atoms with Gasteiger partial charge in [-0.05, 0) is 17.9 Å². The molecular formula is C14H19N3O3S. The molecule has 6 nitrogen and oxygen atoms in total. The monoisotopic (exact) mass is 309 g/mol. The van der Waals surface area contributed by atoms with Crippen molar-refractivity contribution < 1.29 is 9.21 Å². The zero-order chi connectivity index (χ0) is 15.4. The highest BCUT2D eigenvalue weighted by Crippen LogP contribution is 2.21. The molecule has 0 fully saturated rings. The van der Waals surface area contributed by atoms with Crippen LogP contribution in [0, 0.1) is 5.92 Å². The van der Waals surface area contributed by atoms with Crippen molar-refractivity contribution in [1.29, 1.82) is 0 Å². The van der Waals surface area contributed by atoms with Crippen molar-refractivity contribution in [3.63, 3.8) is 0 Å². The summed E-state index contributed by atoms with van der Waals surface area (Å²) in [6.45, 7) is 5.93. The highest BCUT2D eigenvalue weighted by atomic mass is 32.1. The van der Waals surface area contributed by atoms with Crippen molar-refractivity contribution in [2.45, 2.75) is 39.8 Å². The molecule has 0 aliphatic carbocycles. The molecule has 2 heterocycles. The number of nitrogens with one attached hydrogen (secondary N) is 1. The summed E-state index contributed by atoms with van der Waals surface area (Å²) in [5.41, 5.74) is 0. The van der Waals surface area contributed by atoms with Crippen molar-refractivity contribution in [2.75, 3.05) is 0 Å². The van der Waals surface area contributed by atoms with Crippen LogP contribution in [0.25, 0.3) is 10.8 Å². The van der Waals surface area contributed by atoms with E-state index in [-0.39, 0.29) is 17.9 Å². The Hall–Kier alpha value is -1.89. The minimum atomic E-state index is -0.504. The smallest absolute Gasteiger partial charge is 0.387 e. The molecule has 0 saturated heterocycles. The summed E-state index contributed by atoms with van der Waals surface area (Å²) in [4.78, 5) is 24.4. The molecule has 1 amide bonds. The highest BCUT2D eigenvalue weighted by molar-refractivity contribution is 7.13. The third kappa shape index (κ3) is 3.81. The Morgan fingerprint density at radius 1 is 1.52 bits per heavy atom. The molecule has 0 aliphatic heterocycles. The average molecular weight is 309 g/mol. The lowest BCUT2D eigenvalue weighted by Crippen LogP contribution is -2.41. The molecule has 0 radical (unpaired) electrons. The molecule has 7 heteroatoms. The number of thiophene rings is 1. The fourth-order valence-corrected chi connectivity index (χ4v) is 2.42. The van der Waals surface area contributed by atoms with Gasteiger partial charge in [0.25, 0.3) is 5.89 Å². The standard InChI is InChI=1S/C14H19N3O3S/c1-4-10(15-12(18)9(2)3)8-17-14(19)20-13(16-17)11-6-5-7-21-11/h5-7,9-10H,4,8H2,1-3H3,(H,15,18)/t10-/m0/s1. The Morgan fingerprint density at radius 2 is 2.29 bits per heavy atom. The Bertz CT molecular complexity index is 643. The quantitative estimate of drug-likeness (QED) is 0.886. The summed E-state index contributed by atoms with van der Waals surface area (Å²) in [5.74, 6) is -0.303. The first kappa shape index (κ1) is 15.5. The molecule has 114 valence electrons. The molecule has 0 bridgehead atoms. The van der Waals surface area contributed by atoms with Gasteiger partial charge in [0.1, 0.15) is 0 Å². The van der Waals surface area contributed by atoms with Crippen LogP contribution in [0.15, 0.2) is 26.7 Å². The van der Waals surface area contributed by atoms with Gasteiger partial charge in [0.2, 0.25) is 5.91 Å². The maximum absolute atomic E-state index is 11.8. The third-order valence-electron chi connectivity index (χ3n) is 3.10. The van der Waals surface area contributed by atoms with Crippen LogP contribution in [0.4, 0.5) is 0 Å². The van der Waals surface area contributed by atoms with Crippen LogP contribution >= 0.6 is 11.3 Å². The van der Waals surface area contributed by atoms with Crippen molar-refractivity contribution in [3.05, 3.63) is 28.1 Å². The van der Waals surface area contributed by atoms with Gasteiger partial charge in [0, 0.05) is 12.0 Å². The first-order valence-electron chi connectivity index (χ1n) is 6.93. The van der Waals surface area contributed by atoms with E-state index in [0.717, 1.165) is 4.88 Å². The van der Waals surface area contributed by atoms with E-state index in [2.05, 4.69) is 10.4 Å². The lowest BCUT2D eigenvalue weighted by Gasteiger charge is -2.17. The molecule has 0 saturated carbocycles. The van der Waals surface area contributed by atoms with Crippen LogP contribution in [-0.4, -0.2) is 21.7 Å². The molecule has 0 unspecified atom stereocenters. The molecular weight excluding hydrogens is 290 g/mol. The van der Waals surface area contributed by atoms with E-state index >= 15 is 0 Å². The Labute approximate surface area is 126 Å². The lowest BCUT2D eigenvalue weighted by atomic mass is 10.1. The first-order valence-corrected chi connectivity index (χ1v) is 7.81. The largest absolute Gasteiger partial charge is 0.437 e. The summed E-state index contributed by atoms with van der Waals surface area (Å²) < 4.78 is 6.42. The second kappa shape index (κ2) is 6.71. The van der Waals surface area contributed by atoms with Crippen LogP contribution in [-0.2, 0) is 11.3 Å². The number of carbonyl (C=O) groups excluding carboxylic acids is 1. The predicted molar refractivity (Wildman–Crippen MR) is 81.1 cm³/mol. The van der Waals surface area contributed by atoms with Crippen molar-refractivity contribution in [2.24, 2.45) is 5.92 Å². The summed E-state index contributed by atoms with van der Waals surface area (Å²) >= 11 is 1.46. The molecule has 2 rings (SSSR count). The molecule has 1 atom stereocenters. The van der Waals surface area contributed by atoms with Gasteiger partial charge >= 0.3 is 5.76 Å². The minimum absolute atomic E-state index is 0.0307. The van der Waals surface area contributed by atoms with Gasteiger partial charge < -0.3 is 9.73 Å². The minimum Gasteiger partial charge on any atom is -0.387 e. The molecule has 2 aromatic heterocycles. The molecule has 2 aromatic rings. The summed E-state index contributed by atoms with van der Waals surface area (Å²) in [7, 11) is 0. The molecule has 0 spiro atoms. The van der Waals surface area contributed by atoms with Gasteiger partial charge in [-0.25, -0.2) is 4.79 Å². The van der Waals surface area contributed by atoms with Gasteiger partial charge in [-0.15, -0.1) is 16.4 Å². The highest BCUT2D eigenvalue weighted by Gasteiger charge is 2.17. The molecule has 1 N–H and O–H groups in total. The molecule has 0 aromatic carbocycles. The van der Waals surface area contributed by atoms with E-state index in [1.54, 1.807) is 0 Å². The number of carbonyl (C=O) groups is 1. The number of amides is 1.